The van der Waals surface area contributed by atoms with Crippen LogP contribution in [0.25, 0.3) is 11.6 Å². The lowest BCUT2D eigenvalue weighted by atomic mass is 9.78. The fourth-order valence-electron chi connectivity index (χ4n) is 4.05. The molecule has 9 heteroatoms. The lowest BCUT2D eigenvalue weighted by Gasteiger charge is -2.29. The lowest BCUT2D eigenvalue weighted by molar-refractivity contribution is -0.141. The normalized spacial score (nSPS) is 13.3. The molecule has 4 aromatic rings. The maximum Gasteiger partial charge on any atom is 0.435 e. The maximum absolute atomic E-state index is 13.3. The molecule has 4 aromatic heterocycles. The van der Waals surface area contributed by atoms with Gasteiger partial charge in [0, 0.05) is 17.8 Å². The van der Waals surface area contributed by atoms with Crippen LogP contribution in [0.2, 0.25) is 0 Å². The summed E-state index contributed by atoms with van der Waals surface area (Å²) < 4.78 is 42.8. The summed E-state index contributed by atoms with van der Waals surface area (Å²) in [5, 5.41) is 8.33. The molecular weight excluding hydrogens is 489 g/mol. The Bertz CT molecular complexity index is 1460. The Labute approximate surface area is 221 Å². The zero-order chi connectivity index (χ0) is 28.3. The lowest BCUT2D eigenvalue weighted by Crippen LogP contribution is -2.26. The monoisotopic (exact) mass is 524 g/mol. The number of aryl methyl sites for hydroxylation is 1. The van der Waals surface area contributed by atoms with Gasteiger partial charge in [-0.1, -0.05) is 41.5 Å². The molecule has 0 aromatic carbocycles. The van der Waals surface area contributed by atoms with Crippen LogP contribution < -0.4 is 0 Å². The molecule has 38 heavy (non-hydrogen) atoms. The molecule has 0 saturated carbocycles. The summed E-state index contributed by atoms with van der Waals surface area (Å²) in [7, 11) is 0. The highest BCUT2D eigenvalue weighted by atomic mass is 19.4. The third-order valence-electron chi connectivity index (χ3n) is 6.71. The van der Waals surface area contributed by atoms with Crippen LogP contribution in [0.3, 0.4) is 0 Å². The highest BCUT2D eigenvalue weighted by molar-refractivity contribution is 5.43. The van der Waals surface area contributed by atoms with Crippen molar-refractivity contribution < 1.29 is 13.2 Å². The Morgan fingerprint density at radius 3 is 1.42 bits per heavy atom. The van der Waals surface area contributed by atoms with Crippen LogP contribution >= 0.6 is 0 Å². The summed E-state index contributed by atoms with van der Waals surface area (Å²) in [6.07, 6.45) is -1.36. The number of halogens is 3. The zero-order valence-electron chi connectivity index (χ0n) is 23.4. The molecule has 0 saturated heterocycles. The van der Waals surface area contributed by atoms with E-state index in [9.17, 15) is 13.2 Å². The summed E-state index contributed by atoms with van der Waals surface area (Å²) in [5.74, 6) is 1.02. The van der Waals surface area contributed by atoms with E-state index in [4.69, 9.17) is 9.97 Å². The Kier molecular flexibility index (Phi) is 6.57. The number of alkyl halides is 3. The van der Waals surface area contributed by atoms with Gasteiger partial charge in [-0.05, 0) is 79.1 Å². The number of pyridine rings is 2. The van der Waals surface area contributed by atoms with Crippen LogP contribution in [0.4, 0.5) is 13.2 Å². The molecule has 0 bridgehead atoms. The van der Waals surface area contributed by atoms with Gasteiger partial charge < -0.3 is 0 Å². The van der Waals surface area contributed by atoms with Crippen LogP contribution in [0, 0.1) is 6.92 Å². The number of aromatic nitrogens is 6. The van der Waals surface area contributed by atoms with E-state index in [1.54, 1.807) is 10.7 Å². The van der Waals surface area contributed by atoms with E-state index in [1.165, 1.54) is 10.9 Å². The highest BCUT2D eigenvalue weighted by Gasteiger charge is 2.35. The molecule has 0 aliphatic carbocycles. The molecule has 0 aliphatic heterocycles. The van der Waals surface area contributed by atoms with Crippen molar-refractivity contribution in [3.05, 3.63) is 82.7 Å². The molecule has 0 N–H and O–H groups in total. The van der Waals surface area contributed by atoms with Crippen LogP contribution in [0.1, 0.15) is 89.3 Å². The number of nitrogens with zero attached hydrogens (tertiary/aromatic N) is 6. The third kappa shape index (κ3) is 5.51. The van der Waals surface area contributed by atoms with E-state index in [0.29, 0.717) is 17.3 Å². The van der Waals surface area contributed by atoms with Gasteiger partial charge in [0.15, 0.2) is 17.3 Å². The number of hydrogen-bond acceptors (Lipinski definition) is 4. The summed E-state index contributed by atoms with van der Waals surface area (Å²) in [6.45, 7) is 18.6. The predicted octanol–water partition coefficient (Wildman–Crippen LogP) is 7.10. The molecule has 0 atom stereocenters. The van der Waals surface area contributed by atoms with Gasteiger partial charge in [-0.15, -0.1) is 0 Å². The van der Waals surface area contributed by atoms with Crippen molar-refractivity contribution in [2.45, 2.75) is 84.7 Å². The summed E-state index contributed by atoms with van der Waals surface area (Å²) in [5.41, 5.74) is 2.31. The van der Waals surface area contributed by atoms with Crippen molar-refractivity contribution in [2.75, 3.05) is 0 Å². The van der Waals surface area contributed by atoms with Gasteiger partial charge in [0.05, 0.1) is 17.1 Å². The molecule has 0 aliphatic rings. The summed E-state index contributed by atoms with van der Waals surface area (Å²) in [6, 6.07) is 10.8. The fraction of sp³-hybridized carbons (Fsp3) is 0.448. The van der Waals surface area contributed by atoms with Crippen molar-refractivity contribution >= 4 is 0 Å². The quantitative estimate of drug-likeness (QED) is 0.286. The predicted molar refractivity (Wildman–Crippen MR) is 142 cm³/mol. The molecular formula is C29H35F3N6. The molecule has 202 valence electrons. The van der Waals surface area contributed by atoms with Crippen molar-refractivity contribution in [3.8, 4) is 11.6 Å². The standard InChI is InChI=1S/C29H35F3N6/c1-18-10-12-37(35-18)24-16-19(26(2,3)4)14-22(33-24)28(8,9)23-15-20(27(5,6)7)17-25(34-23)38-13-11-21(36-38)29(30,31)32/h10-17H,1-9H3. The Balaban J connectivity index is 1.92. The first kappa shape index (κ1) is 27.5. The van der Waals surface area contributed by atoms with Gasteiger partial charge >= 0.3 is 6.18 Å². The topological polar surface area (TPSA) is 61.4 Å². The number of rotatable bonds is 4. The zero-order valence-corrected chi connectivity index (χ0v) is 23.4. The molecule has 6 nitrogen and oxygen atoms in total. The largest absolute Gasteiger partial charge is 0.435 e. The first-order chi connectivity index (χ1) is 17.4. The van der Waals surface area contributed by atoms with Crippen molar-refractivity contribution in [2.24, 2.45) is 0 Å². The molecule has 0 unspecified atom stereocenters. The molecule has 0 spiro atoms. The van der Waals surface area contributed by atoms with Crippen molar-refractivity contribution in [1.82, 2.24) is 29.5 Å². The first-order valence-electron chi connectivity index (χ1n) is 12.6. The van der Waals surface area contributed by atoms with Gasteiger partial charge in [-0.3, -0.25) is 0 Å². The second-order valence-electron chi connectivity index (χ2n) is 12.4. The Morgan fingerprint density at radius 2 is 1.05 bits per heavy atom. The van der Waals surface area contributed by atoms with E-state index in [0.717, 1.165) is 28.6 Å². The molecule has 0 amide bonds. The summed E-state index contributed by atoms with van der Waals surface area (Å²) >= 11 is 0. The molecule has 0 fully saturated rings. The van der Waals surface area contributed by atoms with Gasteiger partial charge in [0.2, 0.25) is 0 Å². The van der Waals surface area contributed by atoms with E-state index < -0.39 is 17.3 Å². The van der Waals surface area contributed by atoms with Crippen molar-refractivity contribution in [1.29, 1.82) is 0 Å². The minimum Gasteiger partial charge on any atom is -0.233 e. The second-order valence-corrected chi connectivity index (χ2v) is 12.4. The van der Waals surface area contributed by atoms with Crippen LogP contribution in [-0.4, -0.2) is 29.5 Å². The van der Waals surface area contributed by atoms with Gasteiger partial charge in [-0.2, -0.15) is 23.4 Å². The minimum absolute atomic E-state index is 0.153. The molecule has 0 radical (unpaired) electrons. The maximum atomic E-state index is 13.3. The third-order valence-corrected chi connectivity index (χ3v) is 6.71. The minimum atomic E-state index is -4.53. The van der Waals surface area contributed by atoms with E-state index in [2.05, 4.69) is 57.8 Å². The average molecular weight is 525 g/mol. The molecule has 4 rings (SSSR count). The van der Waals surface area contributed by atoms with E-state index >= 15 is 0 Å². The number of hydrogen-bond donors (Lipinski definition) is 0. The van der Waals surface area contributed by atoms with Gasteiger partial charge in [-0.25, -0.2) is 19.3 Å². The second kappa shape index (κ2) is 9.06. The smallest absolute Gasteiger partial charge is 0.233 e. The summed E-state index contributed by atoms with van der Waals surface area (Å²) in [4.78, 5) is 9.83. The van der Waals surface area contributed by atoms with Gasteiger partial charge in [0.25, 0.3) is 0 Å². The average Bonchev–Trinajstić information content (AvgIpc) is 3.47. The van der Waals surface area contributed by atoms with Gasteiger partial charge in [0.1, 0.15) is 0 Å². The Hall–Kier alpha value is -3.49. The van der Waals surface area contributed by atoms with Crippen LogP contribution in [-0.2, 0) is 22.4 Å². The van der Waals surface area contributed by atoms with E-state index in [-0.39, 0.29) is 10.8 Å². The Morgan fingerprint density at radius 1 is 0.605 bits per heavy atom. The van der Waals surface area contributed by atoms with Crippen molar-refractivity contribution in [3.63, 3.8) is 0 Å². The first-order valence-corrected chi connectivity index (χ1v) is 12.6. The SMILES string of the molecule is Cc1ccn(-c2cc(C(C)(C)C)cc(C(C)(C)c3cc(C(C)(C)C)cc(-n4ccc(C(F)(F)F)n4)n3)n2)n1. The molecule has 4 heterocycles. The fourth-order valence-corrected chi connectivity index (χ4v) is 4.05. The highest BCUT2D eigenvalue weighted by Crippen LogP contribution is 2.36. The van der Waals surface area contributed by atoms with Crippen LogP contribution in [0.15, 0.2) is 48.8 Å². The van der Waals surface area contributed by atoms with Crippen LogP contribution in [0.5, 0.6) is 0 Å². The van der Waals surface area contributed by atoms with E-state index in [1.807, 2.05) is 45.2 Å².